The maximum absolute atomic E-state index is 6.15. The van der Waals surface area contributed by atoms with Crippen molar-refractivity contribution in [2.75, 3.05) is 0 Å². The lowest BCUT2D eigenvalue weighted by Gasteiger charge is -2.14. The highest BCUT2D eigenvalue weighted by molar-refractivity contribution is 9.13. The van der Waals surface area contributed by atoms with Crippen molar-refractivity contribution in [2.24, 2.45) is 0 Å². The Kier molecular flexibility index (Phi) is 4.90. The normalized spacial score (nSPS) is 12.7. The molecule has 0 saturated heterocycles. The van der Waals surface area contributed by atoms with Crippen LogP contribution in [0.3, 0.4) is 0 Å². The lowest BCUT2D eigenvalue weighted by molar-refractivity contribution is 0.446. The van der Waals surface area contributed by atoms with Crippen molar-refractivity contribution in [1.29, 1.82) is 0 Å². The lowest BCUT2D eigenvalue weighted by Crippen LogP contribution is -2.18. The Morgan fingerprint density at radius 2 is 2.06 bits per heavy atom. The molecule has 2 rings (SSSR count). The van der Waals surface area contributed by atoms with Gasteiger partial charge in [0, 0.05) is 11.1 Å². The van der Waals surface area contributed by atoms with E-state index in [0.717, 1.165) is 20.8 Å². The van der Waals surface area contributed by atoms with Gasteiger partial charge in [-0.25, -0.2) is 0 Å². The molecule has 1 aromatic carbocycles. The second-order valence-corrected chi connectivity index (χ2v) is 5.94. The van der Waals surface area contributed by atoms with Crippen LogP contribution in [0, 0.1) is 0 Å². The van der Waals surface area contributed by atoms with E-state index in [4.69, 9.17) is 16.0 Å². The number of hydrogen-bond donors (Lipinski definition) is 1. The first kappa shape index (κ1) is 14.1. The van der Waals surface area contributed by atoms with Crippen LogP contribution in [0.15, 0.2) is 43.9 Å². The van der Waals surface area contributed by atoms with Gasteiger partial charge in [-0.3, -0.25) is 0 Å². The molecule has 0 aliphatic rings. The third kappa shape index (κ3) is 3.38. The topological polar surface area (TPSA) is 25.2 Å². The molecular formula is C13H12Br2ClNO. The van der Waals surface area contributed by atoms with Gasteiger partial charge >= 0.3 is 0 Å². The van der Waals surface area contributed by atoms with Crippen molar-refractivity contribution in [3.05, 3.63) is 55.8 Å². The number of nitrogens with one attached hydrogen (secondary N) is 1. The zero-order chi connectivity index (χ0) is 13.1. The Hall–Kier alpha value is -0.290. The average Bonchev–Trinajstić information content (AvgIpc) is 2.66. The van der Waals surface area contributed by atoms with Crippen LogP contribution >= 0.6 is 43.5 Å². The summed E-state index contributed by atoms with van der Waals surface area (Å²) in [5.41, 5.74) is 1.09. The first-order valence-corrected chi connectivity index (χ1v) is 7.46. The third-order valence-corrected chi connectivity index (χ3v) is 4.70. The van der Waals surface area contributed by atoms with E-state index in [-0.39, 0.29) is 6.04 Å². The van der Waals surface area contributed by atoms with Crippen LogP contribution in [0.5, 0.6) is 0 Å². The molecule has 0 aliphatic heterocycles. The quantitative estimate of drug-likeness (QED) is 0.762. The van der Waals surface area contributed by atoms with Crippen molar-refractivity contribution < 1.29 is 4.42 Å². The summed E-state index contributed by atoms with van der Waals surface area (Å²) in [5.74, 6) is 0.868. The molecule has 2 nitrogen and oxygen atoms in total. The van der Waals surface area contributed by atoms with Crippen molar-refractivity contribution >= 4 is 43.5 Å². The number of rotatable bonds is 4. The zero-order valence-electron chi connectivity index (χ0n) is 9.71. The number of benzene rings is 1. The summed E-state index contributed by atoms with van der Waals surface area (Å²) in [6.45, 7) is 2.73. The zero-order valence-corrected chi connectivity index (χ0v) is 13.6. The minimum atomic E-state index is 0.168. The minimum absolute atomic E-state index is 0.168. The van der Waals surface area contributed by atoms with Gasteiger partial charge in [0.1, 0.15) is 5.76 Å². The number of furan rings is 1. The van der Waals surface area contributed by atoms with Crippen LogP contribution in [0.1, 0.15) is 24.3 Å². The second kappa shape index (κ2) is 6.24. The van der Waals surface area contributed by atoms with E-state index in [1.165, 1.54) is 0 Å². The fourth-order valence-electron chi connectivity index (χ4n) is 1.67. The van der Waals surface area contributed by atoms with Crippen LogP contribution in [0.2, 0.25) is 5.02 Å². The molecule has 1 heterocycles. The molecule has 0 amide bonds. The van der Waals surface area contributed by atoms with Gasteiger partial charge < -0.3 is 9.73 Å². The van der Waals surface area contributed by atoms with E-state index in [9.17, 15) is 0 Å². The van der Waals surface area contributed by atoms with Gasteiger partial charge in [0.25, 0.3) is 0 Å². The fourth-order valence-corrected chi connectivity index (χ4v) is 2.63. The minimum Gasteiger partial charge on any atom is -0.452 e. The molecule has 0 fully saturated rings. The predicted molar refractivity (Wildman–Crippen MR) is 80.8 cm³/mol. The number of hydrogen-bond acceptors (Lipinski definition) is 2. The van der Waals surface area contributed by atoms with E-state index in [1.54, 1.807) is 0 Å². The van der Waals surface area contributed by atoms with Crippen molar-refractivity contribution in [3.8, 4) is 0 Å². The largest absolute Gasteiger partial charge is 0.452 e. The molecule has 5 heteroatoms. The molecule has 2 aromatic rings. The Balaban J connectivity index is 2.00. The molecule has 96 valence electrons. The Labute approximate surface area is 128 Å². The molecule has 1 N–H and O–H groups in total. The van der Waals surface area contributed by atoms with Gasteiger partial charge in [-0.15, -0.1) is 0 Å². The molecule has 0 saturated carbocycles. The second-order valence-electron chi connectivity index (χ2n) is 3.96. The summed E-state index contributed by atoms with van der Waals surface area (Å²) in [7, 11) is 0. The van der Waals surface area contributed by atoms with Crippen LogP contribution < -0.4 is 5.32 Å². The first-order valence-electron chi connectivity index (χ1n) is 5.49. The summed E-state index contributed by atoms with van der Waals surface area (Å²) in [5, 5.41) is 4.15. The Bertz CT molecular complexity index is 522. The van der Waals surface area contributed by atoms with Crippen molar-refractivity contribution in [1.82, 2.24) is 5.32 Å². The van der Waals surface area contributed by atoms with Gasteiger partial charge in [-0.05, 0) is 56.5 Å². The SMILES string of the molecule is C[C@@H](NCc1cc(Br)c(Br)o1)c1ccccc1Cl. The molecule has 0 spiro atoms. The molecule has 1 atom stereocenters. The van der Waals surface area contributed by atoms with Gasteiger partial charge in [0.15, 0.2) is 4.67 Å². The maximum atomic E-state index is 6.15. The summed E-state index contributed by atoms with van der Waals surface area (Å²) in [4.78, 5) is 0. The lowest BCUT2D eigenvalue weighted by atomic mass is 10.1. The van der Waals surface area contributed by atoms with E-state index < -0.39 is 0 Å². The molecule has 0 radical (unpaired) electrons. The highest BCUT2D eigenvalue weighted by Crippen LogP contribution is 2.27. The molecule has 0 bridgehead atoms. The van der Waals surface area contributed by atoms with Gasteiger partial charge in [0.2, 0.25) is 0 Å². The number of halogens is 3. The Morgan fingerprint density at radius 3 is 2.67 bits per heavy atom. The average molecular weight is 394 g/mol. The van der Waals surface area contributed by atoms with E-state index in [2.05, 4.69) is 44.1 Å². The van der Waals surface area contributed by atoms with Crippen LogP contribution in [-0.2, 0) is 6.54 Å². The van der Waals surface area contributed by atoms with Crippen LogP contribution in [-0.4, -0.2) is 0 Å². The smallest absolute Gasteiger partial charge is 0.183 e. The third-order valence-electron chi connectivity index (χ3n) is 2.65. The molecule has 1 aromatic heterocycles. The van der Waals surface area contributed by atoms with Crippen molar-refractivity contribution in [2.45, 2.75) is 19.5 Å². The predicted octanol–water partition coefficient (Wildman–Crippen LogP) is 5.31. The van der Waals surface area contributed by atoms with Crippen LogP contribution in [0.4, 0.5) is 0 Å². The van der Waals surface area contributed by atoms with E-state index in [0.29, 0.717) is 11.2 Å². The highest BCUT2D eigenvalue weighted by Gasteiger charge is 2.11. The fraction of sp³-hybridized carbons (Fsp3) is 0.231. The monoisotopic (exact) mass is 391 g/mol. The molecule has 0 unspecified atom stereocenters. The first-order chi connectivity index (χ1) is 8.58. The summed E-state index contributed by atoms with van der Waals surface area (Å²) in [6.07, 6.45) is 0. The molecular weight excluding hydrogens is 381 g/mol. The van der Waals surface area contributed by atoms with Crippen molar-refractivity contribution in [3.63, 3.8) is 0 Å². The van der Waals surface area contributed by atoms with Crippen LogP contribution in [0.25, 0.3) is 0 Å². The molecule has 0 aliphatic carbocycles. The van der Waals surface area contributed by atoms with E-state index in [1.807, 2.05) is 30.3 Å². The van der Waals surface area contributed by atoms with E-state index >= 15 is 0 Å². The van der Waals surface area contributed by atoms with Gasteiger partial charge in [-0.2, -0.15) is 0 Å². The summed E-state index contributed by atoms with van der Waals surface area (Å²) < 4.78 is 7.14. The molecule has 18 heavy (non-hydrogen) atoms. The van der Waals surface area contributed by atoms with Gasteiger partial charge in [-0.1, -0.05) is 29.8 Å². The Morgan fingerprint density at radius 1 is 1.33 bits per heavy atom. The van der Waals surface area contributed by atoms with Gasteiger partial charge in [0.05, 0.1) is 11.0 Å². The summed E-state index contributed by atoms with van der Waals surface area (Å²) in [6, 6.07) is 9.94. The maximum Gasteiger partial charge on any atom is 0.183 e. The summed E-state index contributed by atoms with van der Waals surface area (Å²) >= 11 is 12.9. The standard InChI is InChI=1S/C13H12Br2ClNO/c1-8(10-4-2-3-5-12(10)16)17-7-9-6-11(14)13(15)18-9/h2-6,8,17H,7H2,1H3/t8-/m1/s1. The highest BCUT2D eigenvalue weighted by atomic mass is 79.9.